The topological polar surface area (TPSA) is 39.1 Å². The lowest BCUT2D eigenvalue weighted by Crippen LogP contribution is -2.14. The Balaban J connectivity index is 2.96. The lowest BCUT2D eigenvalue weighted by Gasteiger charge is -2.07. The second-order valence-electron chi connectivity index (χ2n) is 3.55. The van der Waals surface area contributed by atoms with Gasteiger partial charge in [-0.05, 0) is 40.8 Å². The fraction of sp³-hybridized carbons (Fsp3) is 0.182. The highest BCUT2D eigenvalue weighted by Gasteiger charge is 2.10. The summed E-state index contributed by atoms with van der Waals surface area (Å²) in [6, 6.07) is 5.61. The van der Waals surface area contributed by atoms with Crippen molar-refractivity contribution in [1.29, 1.82) is 0 Å². The SMILES string of the molecule is Cn1cc(S(C)=O)c(=O)c2ccc(I)cc21. The quantitative estimate of drug-likeness (QED) is 0.739. The third kappa shape index (κ3) is 1.93. The maximum atomic E-state index is 12.0. The molecule has 1 aromatic heterocycles. The van der Waals surface area contributed by atoms with Crippen molar-refractivity contribution in [2.75, 3.05) is 6.26 Å². The van der Waals surface area contributed by atoms with Gasteiger partial charge in [0.1, 0.15) is 4.90 Å². The zero-order valence-electron chi connectivity index (χ0n) is 8.86. The van der Waals surface area contributed by atoms with Crippen LogP contribution in [0.1, 0.15) is 0 Å². The molecule has 1 unspecified atom stereocenters. The first-order chi connectivity index (χ1) is 7.50. The lowest BCUT2D eigenvalue weighted by molar-refractivity contribution is 0.685. The van der Waals surface area contributed by atoms with Crippen molar-refractivity contribution < 1.29 is 4.21 Å². The minimum absolute atomic E-state index is 0.134. The van der Waals surface area contributed by atoms with E-state index < -0.39 is 10.8 Å². The Hall–Kier alpha value is -0.690. The van der Waals surface area contributed by atoms with Crippen LogP contribution in [0.5, 0.6) is 0 Å². The fourth-order valence-corrected chi connectivity index (χ4v) is 2.78. The first kappa shape index (κ1) is 11.8. The number of hydrogen-bond donors (Lipinski definition) is 0. The number of rotatable bonds is 1. The van der Waals surface area contributed by atoms with Gasteiger partial charge in [0, 0.05) is 28.5 Å². The summed E-state index contributed by atoms with van der Waals surface area (Å²) in [5.74, 6) is 0. The molecule has 0 spiro atoms. The van der Waals surface area contributed by atoms with E-state index in [1.54, 1.807) is 12.3 Å². The Morgan fingerprint density at radius 1 is 1.38 bits per heavy atom. The van der Waals surface area contributed by atoms with Crippen LogP contribution in [0.15, 0.2) is 34.1 Å². The summed E-state index contributed by atoms with van der Waals surface area (Å²) in [7, 11) is 0.608. The van der Waals surface area contributed by atoms with Gasteiger partial charge in [-0.15, -0.1) is 0 Å². The van der Waals surface area contributed by atoms with Crippen LogP contribution in [0.3, 0.4) is 0 Å². The molecule has 1 heterocycles. The van der Waals surface area contributed by atoms with E-state index in [4.69, 9.17) is 0 Å². The van der Waals surface area contributed by atoms with Gasteiger partial charge in [0.05, 0.1) is 16.3 Å². The first-order valence-electron chi connectivity index (χ1n) is 4.63. The highest BCUT2D eigenvalue weighted by Crippen LogP contribution is 2.15. The van der Waals surface area contributed by atoms with Crippen LogP contribution in [0.25, 0.3) is 10.9 Å². The summed E-state index contributed by atoms with van der Waals surface area (Å²) in [5.41, 5.74) is 0.733. The number of aryl methyl sites for hydroxylation is 1. The fourth-order valence-electron chi connectivity index (χ4n) is 1.63. The maximum absolute atomic E-state index is 12.0. The highest BCUT2D eigenvalue weighted by molar-refractivity contribution is 14.1. The zero-order valence-corrected chi connectivity index (χ0v) is 11.8. The van der Waals surface area contributed by atoms with Gasteiger partial charge in [0.25, 0.3) is 0 Å². The molecule has 0 aliphatic rings. The summed E-state index contributed by atoms with van der Waals surface area (Å²) >= 11 is 2.20. The highest BCUT2D eigenvalue weighted by atomic mass is 127. The second-order valence-corrected chi connectivity index (χ2v) is 6.14. The molecule has 0 fully saturated rings. The van der Waals surface area contributed by atoms with Gasteiger partial charge in [-0.3, -0.25) is 9.00 Å². The second kappa shape index (κ2) is 4.29. The Morgan fingerprint density at radius 3 is 2.69 bits per heavy atom. The molecule has 0 aliphatic carbocycles. The van der Waals surface area contributed by atoms with Gasteiger partial charge in [-0.25, -0.2) is 0 Å². The minimum Gasteiger partial charge on any atom is -0.349 e. The molecule has 0 saturated heterocycles. The van der Waals surface area contributed by atoms with E-state index in [0.29, 0.717) is 10.3 Å². The van der Waals surface area contributed by atoms with Gasteiger partial charge < -0.3 is 4.57 Å². The van der Waals surface area contributed by atoms with E-state index in [1.807, 2.05) is 23.7 Å². The van der Waals surface area contributed by atoms with Gasteiger partial charge in [-0.2, -0.15) is 0 Å². The predicted octanol–water partition coefficient (Wildman–Crippen LogP) is 1.88. The van der Waals surface area contributed by atoms with Crippen molar-refractivity contribution in [1.82, 2.24) is 4.57 Å². The normalized spacial score (nSPS) is 12.9. The Labute approximate surface area is 109 Å². The maximum Gasteiger partial charge on any atom is 0.205 e. The number of fused-ring (bicyclic) bond motifs is 1. The average molecular weight is 347 g/mol. The van der Waals surface area contributed by atoms with Crippen LogP contribution in [0, 0.1) is 3.57 Å². The third-order valence-corrected chi connectivity index (χ3v) is 4.01. The number of hydrogen-bond acceptors (Lipinski definition) is 2. The van der Waals surface area contributed by atoms with E-state index in [-0.39, 0.29) is 5.43 Å². The van der Waals surface area contributed by atoms with Crippen molar-refractivity contribution in [2.24, 2.45) is 7.05 Å². The van der Waals surface area contributed by atoms with Crippen molar-refractivity contribution in [3.05, 3.63) is 38.2 Å². The van der Waals surface area contributed by atoms with Gasteiger partial charge >= 0.3 is 0 Å². The van der Waals surface area contributed by atoms with Gasteiger partial charge in [-0.1, -0.05) is 0 Å². The van der Waals surface area contributed by atoms with Gasteiger partial charge in [0.2, 0.25) is 5.43 Å². The average Bonchev–Trinajstić information content (AvgIpc) is 2.22. The van der Waals surface area contributed by atoms with Gasteiger partial charge in [0.15, 0.2) is 0 Å². The van der Waals surface area contributed by atoms with Crippen LogP contribution < -0.4 is 5.43 Å². The van der Waals surface area contributed by atoms with Crippen molar-refractivity contribution >= 4 is 44.3 Å². The molecular weight excluding hydrogens is 337 g/mol. The number of pyridine rings is 1. The Kier molecular flexibility index (Phi) is 3.16. The summed E-state index contributed by atoms with van der Waals surface area (Å²) in [5, 5.41) is 0.621. The van der Waals surface area contributed by atoms with E-state index in [2.05, 4.69) is 22.6 Å². The van der Waals surface area contributed by atoms with Crippen molar-refractivity contribution in [3.8, 4) is 0 Å². The third-order valence-electron chi connectivity index (χ3n) is 2.43. The number of aromatic nitrogens is 1. The van der Waals surface area contributed by atoms with E-state index >= 15 is 0 Å². The van der Waals surface area contributed by atoms with Crippen molar-refractivity contribution in [2.45, 2.75) is 4.90 Å². The predicted molar refractivity (Wildman–Crippen MR) is 74.2 cm³/mol. The monoisotopic (exact) mass is 347 g/mol. The molecule has 5 heteroatoms. The molecular formula is C11H10INO2S. The molecule has 1 atom stereocenters. The van der Waals surface area contributed by atoms with Crippen LogP contribution in [-0.4, -0.2) is 15.0 Å². The lowest BCUT2D eigenvalue weighted by atomic mass is 10.2. The Bertz CT molecular complexity index is 648. The van der Waals surface area contributed by atoms with Crippen LogP contribution in [-0.2, 0) is 17.8 Å². The zero-order chi connectivity index (χ0) is 11.9. The standard InChI is InChI=1S/C11H10INO2S/c1-13-6-10(16(2)15)11(14)8-4-3-7(12)5-9(8)13/h3-6H,1-2H3. The largest absolute Gasteiger partial charge is 0.349 e. The summed E-state index contributed by atoms with van der Waals surface area (Å²) in [6.07, 6.45) is 3.17. The molecule has 0 amide bonds. The minimum atomic E-state index is -1.25. The molecule has 2 rings (SSSR count). The van der Waals surface area contributed by atoms with E-state index in [9.17, 15) is 9.00 Å². The molecule has 0 radical (unpaired) electrons. The first-order valence-corrected chi connectivity index (χ1v) is 7.26. The van der Waals surface area contributed by atoms with Crippen LogP contribution in [0.2, 0.25) is 0 Å². The molecule has 16 heavy (non-hydrogen) atoms. The molecule has 84 valence electrons. The number of halogens is 1. The van der Waals surface area contributed by atoms with Crippen LogP contribution in [0.4, 0.5) is 0 Å². The van der Waals surface area contributed by atoms with E-state index in [1.165, 1.54) is 6.26 Å². The number of benzene rings is 1. The Morgan fingerprint density at radius 2 is 2.06 bits per heavy atom. The molecule has 0 saturated carbocycles. The summed E-state index contributed by atoms with van der Waals surface area (Å²) in [4.78, 5) is 12.4. The molecule has 0 N–H and O–H groups in total. The summed E-state index contributed by atoms with van der Waals surface area (Å²) < 4.78 is 14.3. The molecule has 0 aliphatic heterocycles. The molecule has 0 bridgehead atoms. The van der Waals surface area contributed by atoms with Crippen LogP contribution >= 0.6 is 22.6 Å². The van der Waals surface area contributed by atoms with Crippen molar-refractivity contribution in [3.63, 3.8) is 0 Å². The smallest absolute Gasteiger partial charge is 0.205 e. The number of nitrogens with zero attached hydrogens (tertiary/aromatic N) is 1. The molecule has 3 nitrogen and oxygen atoms in total. The molecule has 1 aromatic carbocycles. The molecule has 2 aromatic rings. The summed E-state index contributed by atoms with van der Waals surface area (Å²) in [6.45, 7) is 0. The van der Waals surface area contributed by atoms with E-state index in [0.717, 1.165) is 9.09 Å².